The van der Waals surface area contributed by atoms with Crippen LogP contribution in [0.3, 0.4) is 0 Å². The van der Waals surface area contributed by atoms with Gasteiger partial charge in [0.1, 0.15) is 5.54 Å². The largest absolute Gasteiger partial charge is 0.324 e. The van der Waals surface area contributed by atoms with Crippen LogP contribution in [0.1, 0.15) is 12.5 Å². The van der Waals surface area contributed by atoms with Crippen LogP contribution in [0, 0.1) is 0 Å². The van der Waals surface area contributed by atoms with Crippen molar-refractivity contribution >= 4 is 23.4 Å². The fourth-order valence-electron chi connectivity index (χ4n) is 1.88. The number of anilines is 1. The van der Waals surface area contributed by atoms with Gasteiger partial charge in [0.05, 0.1) is 0 Å². The molecule has 3 N–H and O–H groups in total. The number of rotatable bonds is 4. The Morgan fingerprint density at radius 1 is 1.15 bits per heavy atom. The van der Waals surface area contributed by atoms with Crippen molar-refractivity contribution in [3.05, 3.63) is 60.2 Å². The summed E-state index contributed by atoms with van der Waals surface area (Å²) in [6, 6.07) is 17.1. The molecule has 2 aromatic carbocycles. The molecule has 4 heteroatoms. The molecule has 3 nitrogen and oxygen atoms in total. The summed E-state index contributed by atoms with van der Waals surface area (Å²) in [6.45, 7) is 1.72. The predicted octanol–water partition coefficient (Wildman–Crippen LogP) is 3.22. The lowest BCUT2D eigenvalue weighted by molar-refractivity contribution is -0.120. The highest BCUT2D eigenvalue weighted by Gasteiger charge is 2.30. The highest BCUT2D eigenvalue weighted by Crippen LogP contribution is 2.22. The Bertz CT molecular complexity index is 596. The number of nitrogens with two attached hydrogens (primary N) is 1. The number of carbonyl (C=O) groups is 1. The summed E-state index contributed by atoms with van der Waals surface area (Å²) in [5.41, 5.74) is 6.67. The summed E-state index contributed by atoms with van der Waals surface area (Å²) in [6.07, 6.45) is 2.00. The van der Waals surface area contributed by atoms with E-state index in [1.807, 2.05) is 60.9 Å². The van der Waals surface area contributed by atoms with Crippen LogP contribution in [0.4, 0.5) is 5.69 Å². The maximum Gasteiger partial charge on any atom is 0.248 e. The first-order valence-corrected chi connectivity index (χ1v) is 7.56. The number of benzene rings is 2. The molecule has 1 amide bonds. The van der Waals surface area contributed by atoms with Gasteiger partial charge in [-0.05, 0) is 36.9 Å². The number of hydrogen-bond acceptors (Lipinski definition) is 3. The minimum Gasteiger partial charge on any atom is -0.324 e. The van der Waals surface area contributed by atoms with Gasteiger partial charge in [0.2, 0.25) is 5.91 Å². The molecule has 0 saturated carbocycles. The smallest absolute Gasteiger partial charge is 0.248 e. The number of carbonyl (C=O) groups excluding carboxylic acids is 1. The van der Waals surface area contributed by atoms with Gasteiger partial charge in [-0.15, -0.1) is 11.8 Å². The van der Waals surface area contributed by atoms with E-state index in [2.05, 4.69) is 5.32 Å². The lowest BCUT2D eigenvalue weighted by atomic mass is 9.92. The molecular weight excluding hydrogens is 268 g/mol. The van der Waals surface area contributed by atoms with E-state index in [0.29, 0.717) is 0 Å². The van der Waals surface area contributed by atoms with Crippen LogP contribution in [-0.2, 0) is 10.3 Å². The summed E-state index contributed by atoms with van der Waals surface area (Å²) in [5, 5.41) is 2.88. The Balaban J connectivity index is 2.19. The fraction of sp³-hybridized carbons (Fsp3) is 0.188. The van der Waals surface area contributed by atoms with E-state index in [0.717, 1.165) is 16.1 Å². The number of thioether (sulfide) groups is 1. The topological polar surface area (TPSA) is 55.1 Å². The Morgan fingerprint density at radius 3 is 2.50 bits per heavy atom. The molecule has 1 unspecified atom stereocenters. The van der Waals surface area contributed by atoms with Crippen molar-refractivity contribution in [1.82, 2.24) is 0 Å². The molecule has 0 saturated heterocycles. The van der Waals surface area contributed by atoms with Gasteiger partial charge >= 0.3 is 0 Å². The first kappa shape index (κ1) is 14.6. The van der Waals surface area contributed by atoms with E-state index in [1.165, 1.54) is 0 Å². The van der Waals surface area contributed by atoms with Crippen LogP contribution in [0.25, 0.3) is 0 Å². The molecule has 0 spiro atoms. The highest BCUT2D eigenvalue weighted by atomic mass is 32.2. The minimum absolute atomic E-state index is 0.220. The molecule has 0 bridgehead atoms. The average Bonchev–Trinajstić information content (AvgIpc) is 2.48. The second-order valence-electron chi connectivity index (χ2n) is 4.75. The summed E-state index contributed by atoms with van der Waals surface area (Å²) >= 11 is 1.63. The molecule has 0 aliphatic carbocycles. The fourth-order valence-corrected chi connectivity index (χ4v) is 2.34. The second-order valence-corrected chi connectivity index (χ2v) is 5.63. The maximum absolute atomic E-state index is 12.4. The quantitative estimate of drug-likeness (QED) is 0.849. The average molecular weight is 286 g/mol. The zero-order valence-corrected chi connectivity index (χ0v) is 12.4. The molecule has 0 aliphatic heterocycles. The van der Waals surface area contributed by atoms with Crippen LogP contribution >= 0.6 is 11.8 Å². The monoisotopic (exact) mass is 286 g/mol. The normalized spacial score (nSPS) is 13.6. The molecule has 0 fully saturated rings. The zero-order valence-electron chi connectivity index (χ0n) is 11.6. The van der Waals surface area contributed by atoms with Gasteiger partial charge in [0.25, 0.3) is 0 Å². The van der Waals surface area contributed by atoms with E-state index in [4.69, 9.17) is 5.73 Å². The van der Waals surface area contributed by atoms with Gasteiger partial charge in [0, 0.05) is 10.6 Å². The molecule has 0 heterocycles. The van der Waals surface area contributed by atoms with Crippen LogP contribution in [0.5, 0.6) is 0 Å². The van der Waals surface area contributed by atoms with Crippen molar-refractivity contribution in [2.24, 2.45) is 5.73 Å². The summed E-state index contributed by atoms with van der Waals surface area (Å²) in [4.78, 5) is 13.5. The van der Waals surface area contributed by atoms with Crippen molar-refractivity contribution in [3.8, 4) is 0 Å². The van der Waals surface area contributed by atoms with E-state index >= 15 is 0 Å². The Morgan fingerprint density at radius 2 is 1.85 bits per heavy atom. The molecule has 0 aromatic heterocycles. The molecule has 1 atom stereocenters. The van der Waals surface area contributed by atoms with Gasteiger partial charge in [-0.25, -0.2) is 0 Å². The maximum atomic E-state index is 12.4. The van der Waals surface area contributed by atoms with E-state index in [-0.39, 0.29) is 5.91 Å². The third-order valence-electron chi connectivity index (χ3n) is 3.17. The standard InChI is InChI=1S/C16H18N2OS/c1-16(17,12-7-4-3-5-8-12)15(19)18-13-9-6-10-14(11-13)20-2/h3-11H,17H2,1-2H3,(H,18,19). The summed E-state index contributed by atoms with van der Waals surface area (Å²) in [7, 11) is 0. The minimum atomic E-state index is -1.06. The Labute approximate surface area is 123 Å². The van der Waals surface area contributed by atoms with Crippen molar-refractivity contribution < 1.29 is 4.79 Å². The number of amides is 1. The molecular formula is C16H18N2OS. The van der Waals surface area contributed by atoms with Crippen LogP contribution in [0.15, 0.2) is 59.5 Å². The number of nitrogens with one attached hydrogen (secondary N) is 1. The first-order chi connectivity index (χ1) is 9.54. The SMILES string of the molecule is CSc1cccc(NC(=O)C(C)(N)c2ccccc2)c1. The van der Waals surface area contributed by atoms with Crippen LogP contribution < -0.4 is 11.1 Å². The van der Waals surface area contributed by atoms with Gasteiger partial charge in [0.15, 0.2) is 0 Å². The molecule has 104 valence electrons. The lowest BCUT2D eigenvalue weighted by Crippen LogP contribution is -2.45. The molecule has 2 aromatic rings. The van der Waals surface area contributed by atoms with Crippen molar-refractivity contribution in [2.75, 3.05) is 11.6 Å². The van der Waals surface area contributed by atoms with Crippen LogP contribution in [0.2, 0.25) is 0 Å². The van der Waals surface area contributed by atoms with Gasteiger partial charge in [-0.2, -0.15) is 0 Å². The summed E-state index contributed by atoms with van der Waals surface area (Å²) < 4.78 is 0. The molecule has 20 heavy (non-hydrogen) atoms. The van der Waals surface area contributed by atoms with Crippen molar-refractivity contribution in [2.45, 2.75) is 17.4 Å². The summed E-state index contributed by atoms with van der Waals surface area (Å²) in [5.74, 6) is -0.220. The first-order valence-electron chi connectivity index (χ1n) is 6.34. The number of hydrogen-bond donors (Lipinski definition) is 2. The van der Waals surface area contributed by atoms with E-state index in [1.54, 1.807) is 18.7 Å². The Kier molecular flexibility index (Phi) is 4.47. The highest BCUT2D eigenvalue weighted by molar-refractivity contribution is 7.98. The zero-order chi connectivity index (χ0) is 14.6. The third-order valence-corrected chi connectivity index (χ3v) is 3.90. The Hall–Kier alpha value is -1.78. The van der Waals surface area contributed by atoms with Gasteiger partial charge < -0.3 is 11.1 Å². The molecule has 0 radical (unpaired) electrons. The van der Waals surface area contributed by atoms with E-state index < -0.39 is 5.54 Å². The van der Waals surface area contributed by atoms with Gasteiger partial charge in [-0.3, -0.25) is 4.79 Å². The van der Waals surface area contributed by atoms with Gasteiger partial charge in [-0.1, -0.05) is 36.4 Å². The van der Waals surface area contributed by atoms with Crippen molar-refractivity contribution in [3.63, 3.8) is 0 Å². The van der Waals surface area contributed by atoms with Crippen molar-refractivity contribution in [1.29, 1.82) is 0 Å². The second kappa shape index (κ2) is 6.11. The predicted molar refractivity (Wildman–Crippen MR) is 84.8 cm³/mol. The molecule has 2 rings (SSSR count). The third kappa shape index (κ3) is 3.21. The van der Waals surface area contributed by atoms with E-state index in [9.17, 15) is 4.79 Å². The lowest BCUT2D eigenvalue weighted by Gasteiger charge is -2.24. The molecule has 0 aliphatic rings. The van der Waals surface area contributed by atoms with Crippen LogP contribution in [-0.4, -0.2) is 12.2 Å².